The van der Waals surface area contributed by atoms with E-state index < -0.39 is 29.2 Å². The molecule has 0 aromatic heterocycles. The van der Waals surface area contributed by atoms with Gasteiger partial charge in [0.1, 0.15) is 11.6 Å². The van der Waals surface area contributed by atoms with E-state index in [2.05, 4.69) is 26.6 Å². The normalized spacial score (nSPS) is 11.1. The van der Waals surface area contributed by atoms with Crippen LogP contribution in [-0.4, -0.2) is 22.6 Å². The molecular formula is C13H15BrF2N2O3. The Balaban J connectivity index is 2.67. The average molecular weight is 365 g/mol. The summed E-state index contributed by atoms with van der Waals surface area (Å²) in [5, 5.41) is 13.5. The molecule has 0 saturated carbocycles. The molecular weight excluding hydrogens is 350 g/mol. The van der Waals surface area contributed by atoms with Crippen LogP contribution in [0.2, 0.25) is 0 Å². The van der Waals surface area contributed by atoms with Crippen molar-refractivity contribution in [1.29, 1.82) is 0 Å². The maximum absolute atomic E-state index is 13.3. The smallest absolute Gasteiger partial charge is 0.319 e. The fourth-order valence-electron chi connectivity index (χ4n) is 1.58. The summed E-state index contributed by atoms with van der Waals surface area (Å²) in [6.45, 7) is 3.30. The predicted octanol–water partition coefficient (Wildman–Crippen LogP) is 3.49. The molecule has 3 N–H and O–H groups in total. The molecule has 116 valence electrons. The van der Waals surface area contributed by atoms with E-state index in [1.807, 2.05) is 0 Å². The van der Waals surface area contributed by atoms with Gasteiger partial charge in [-0.2, -0.15) is 0 Å². The first-order chi connectivity index (χ1) is 9.60. The van der Waals surface area contributed by atoms with Crippen LogP contribution in [-0.2, 0) is 4.79 Å². The number of amides is 2. The summed E-state index contributed by atoms with van der Waals surface area (Å²) >= 11 is 2.73. The Morgan fingerprint density at radius 2 is 1.81 bits per heavy atom. The zero-order chi connectivity index (χ0) is 16.2. The largest absolute Gasteiger partial charge is 0.481 e. The molecule has 0 fully saturated rings. The second kappa shape index (κ2) is 6.84. The maximum atomic E-state index is 13.3. The summed E-state index contributed by atoms with van der Waals surface area (Å²) in [6, 6.07) is 1.26. The Bertz CT molecular complexity index is 541. The van der Waals surface area contributed by atoms with Crippen LogP contribution >= 0.6 is 15.9 Å². The molecule has 0 unspecified atom stereocenters. The number of benzene rings is 1. The minimum atomic E-state index is -0.970. The monoisotopic (exact) mass is 364 g/mol. The molecule has 1 aromatic rings. The van der Waals surface area contributed by atoms with Gasteiger partial charge in [0.05, 0.1) is 4.47 Å². The van der Waals surface area contributed by atoms with Gasteiger partial charge in [-0.3, -0.25) is 4.79 Å². The van der Waals surface area contributed by atoms with Crippen molar-refractivity contribution in [2.24, 2.45) is 0 Å². The van der Waals surface area contributed by atoms with Crippen LogP contribution in [0.15, 0.2) is 16.6 Å². The van der Waals surface area contributed by atoms with Gasteiger partial charge in [0, 0.05) is 17.6 Å². The standard InChI is InChI=1S/C13H15BrF2N2O3/c1-13(2,4-3-10(19)20)18-12(21)17-7-5-8(15)11(14)9(16)6-7/h5-6H,3-4H2,1-2H3,(H,19,20)(H2,17,18,21). The van der Waals surface area contributed by atoms with E-state index >= 15 is 0 Å². The van der Waals surface area contributed by atoms with Crippen molar-refractivity contribution in [3.8, 4) is 0 Å². The number of anilines is 1. The van der Waals surface area contributed by atoms with E-state index in [1.54, 1.807) is 13.8 Å². The highest BCUT2D eigenvalue weighted by Gasteiger charge is 2.22. The van der Waals surface area contributed by atoms with Gasteiger partial charge in [0.15, 0.2) is 0 Å². The summed E-state index contributed by atoms with van der Waals surface area (Å²) in [6.07, 6.45) is 0.119. The van der Waals surface area contributed by atoms with Crippen LogP contribution in [0.5, 0.6) is 0 Å². The minimum absolute atomic E-state index is 0.0419. The number of carboxylic acids is 1. The lowest BCUT2D eigenvalue weighted by Crippen LogP contribution is -2.45. The van der Waals surface area contributed by atoms with Gasteiger partial charge >= 0.3 is 12.0 Å². The number of hydrogen-bond acceptors (Lipinski definition) is 2. The zero-order valence-electron chi connectivity index (χ0n) is 11.5. The maximum Gasteiger partial charge on any atom is 0.319 e. The molecule has 1 rings (SSSR count). The average Bonchev–Trinajstić information content (AvgIpc) is 2.32. The third-order valence-corrected chi connectivity index (χ3v) is 3.42. The third kappa shape index (κ3) is 5.66. The van der Waals surface area contributed by atoms with Gasteiger partial charge in [0.2, 0.25) is 0 Å². The van der Waals surface area contributed by atoms with Gasteiger partial charge in [-0.1, -0.05) is 0 Å². The molecule has 0 aliphatic heterocycles. The number of hydrogen-bond donors (Lipinski definition) is 3. The van der Waals surface area contributed by atoms with Crippen LogP contribution < -0.4 is 10.6 Å². The summed E-state index contributed by atoms with van der Waals surface area (Å²) in [5.74, 6) is -2.65. The fourth-order valence-corrected chi connectivity index (χ4v) is 1.81. The molecule has 0 aliphatic carbocycles. The van der Waals surface area contributed by atoms with Crippen LogP contribution in [0.1, 0.15) is 26.7 Å². The van der Waals surface area contributed by atoms with Gasteiger partial charge in [-0.15, -0.1) is 0 Å². The van der Waals surface area contributed by atoms with E-state index in [9.17, 15) is 18.4 Å². The summed E-state index contributed by atoms with van der Waals surface area (Å²) < 4.78 is 26.3. The first kappa shape index (κ1) is 17.4. The fraction of sp³-hybridized carbons (Fsp3) is 0.385. The molecule has 0 atom stereocenters. The van der Waals surface area contributed by atoms with Crippen LogP contribution in [0.3, 0.4) is 0 Å². The molecule has 0 aliphatic rings. The number of urea groups is 1. The van der Waals surface area contributed by atoms with Gasteiger partial charge in [-0.25, -0.2) is 13.6 Å². The van der Waals surface area contributed by atoms with Crippen LogP contribution in [0, 0.1) is 11.6 Å². The number of carbonyl (C=O) groups excluding carboxylic acids is 1. The van der Waals surface area contributed by atoms with Crippen molar-refractivity contribution in [2.45, 2.75) is 32.2 Å². The molecule has 0 heterocycles. The highest BCUT2D eigenvalue weighted by atomic mass is 79.9. The Morgan fingerprint density at radius 1 is 1.29 bits per heavy atom. The minimum Gasteiger partial charge on any atom is -0.481 e. The third-order valence-electron chi connectivity index (χ3n) is 2.66. The van der Waals surface area contributed by atoms with Crippen LogP contribution in [0.25, 0.3) is 0 Å². The van der Waals surface area contributed by atoms with Crippen molar-refractivity contribution in [3.05, 3.63) is 28.2 Å². The first-order valence-electron chi connectivity index (χ1n) is 6.06. The number of halogens is 3. The van der Waals surface area contributed by atoms with Crippen molar-refractivity contribution in [1.82, 2.24) is 5.32 Å². The first-order valence-corrected chi connectivity index (χ1v) is 6.85. The second-order valence-electron chi connectivity index (χ2n) is 5.11. The van der Waals surface area contributed by atoms with Crippen molar-refractivity contribution < 1.29 is 23.5 Å². The summed E-state index contributed by atoms with van der Waals surface area (Å²) in [5.41, 5.74) is -0.811. The van der Waals surface area contributed by atoms with E-state index in [4.69, 9.17) is 5.11 Å². The molecule has 0 saturated heterocycles. The number of carboxylic acid groups (broad SMARTS) is 1. The zero-order valence-corrected chi connectivity index (χ0v) is 13.1. The predicted molar refractivity (Wildman–Crippen MR) is 77.2 cm³/mol. The Morgan fingerprint density at radius 3 is 2.29 bits per heavy atom. The van der Waals surface area contributed by atoms with Gasteiger partial charge in [0.25, 0.3) is 0 Å². The lowest BCUT2D eigenvalue weighted by atomic mass is 9.99. The van der Waals surface area contributed by atoms with Crippen molar-refractivity contribution in [2.75, 3.05) is 5.32 Å². The SMILES string of the molecule is CC(C)(CCC(=O)O)NC(=O)Nc1cc(F)c(Br)c(F)c1. The lowest BCUT2D eigenvalue weighted by molar-refractivity contribution is -0.137. The number of carbonyl (C=O) groups is 2. The van der Waals surface area contributed by atoms with Crippen molar-refractivity contribution >= 4 is 33.6 Å². The molecule has 2 amide bonds. The number of aliphatic carboxylic acids is 1. The van der Waals surface area contributed by atoms with Gasteiger partial charge in [-0.05, 0) is 48.3 Å². The van der Waals surface area contributed by atoms with E-state index in [0.29, 0.717) is 0 Å². The van der Waals surface area contributed by atoms with Crippen molar-refractivity contribution in [3.63, 3.8) is 0 Å². The Kier molecular flexibility index (Phi) is 5.65. The van der Waals surface area contributed by atoms with Gasteiger partial charge < -0.3 is 15.7 Å². The molecule has 0 spiro atoms. The Labute approximate surface area is 128 Å². The quantitative estimate of drug-likeness (QED) is 0.699. The number of nitrogens with one attached hydrogen (secondary N) is 2. The molecule has 0 bridgehead atoms. The highest BCUT2D eigenvalue weighted by molar-refractivity contribution is 9.10. The molecule has 8 heteroatoms. The summed E-state index contributed by atoms with van der Waals surface area (Å²) in [4.78, 5) is 22.3. The molecule has 21 heavy (non-hydrogen) atoms. The van der Waals surface area contributed by atoms with Crippen LogP contribution in [0.4, 0.5) is 19.3 Å². The summed E-state index contributed by atoms with van der Waals surface area (Å²) in [7, 11) is 0. The van der Waals surface area contributed by atoms with E-state index in [0.717, 1.165) is 12.1 Å². The molecule has 5 nitrogen and oxygen atoms in total. The Hall–Kier alpha value is -1.70. The highest BCUT2D eigenvalue weighted by Crippen LogP contribution is 2.23. The molecule has 1 aromatic carbocycles. The molecule has 0 radical (unpaired) electrons. The topological polar surface area (TPSA) is 78.4 Å². The second-order valence-corrected chi connectivity index (χ2v) is 5.90. The number of rotatable bonds is 5. The lowest BCUT2D eigenvalue weighted by Gasteiger charge is -2.25. The van der Waals surface area contributed by atoms with E-state index in [1.165, 1.54) is 0 Å². The van der Waals surface area contributed by atoms with E-state index in [-0.39, 0.29) is 23.0 Å².